The summed E-state index contributed by atoms with van der Waals surface area (Å²) in [7, 11) is 1.32. The molecule has 0 amide bonds. The Morgan fingerprint density at radius 1 is 1.33 bits per heavy atom. The molecule has 1 atom stereocenters. The Morgan fingerprint density at radius 3 is 2.88 bits per heavy atom. The zero-order valence-corrected chi connectivity index (χ0v) is 13.4. The third kappa shape index (κ3) is 3.08. The van der Waals surface area contributed by atoms with Gasteiger partial charge in [-0.2, -0.15) is 4.39 Å². The Hall–Kier alpha value is -2.89. The fourth-order valence-electron chi connectivity index (χ4n) is 2.66. The minimum atomic E-state index is -0.634. The highest BCUT2D eigenvalue weighted by molar-refractivity contribution is 6.13. The lowest BCUT2D eigenvalue weighted by molar-refractivity contribution is -0.142. The molecule has 2 aromatic rings. The molecule has 6 heteroatoms. The normalized spacial score (nSPS) is 17.0. The summed E-state index contributed by atoms with van der Waals surface area (Å²) in [5.41, 5.74) is 2.92. The molecule has 0 N–H and O–H groups in total. The second-order valence-electron chi connectivity index (χ2n) is 5.51. The third-order valence-electron chi connectivity index (χ3n) is 3.85. The Bertz CT molecular complexity index is 831. The fraction of sp³-hybridized carbons (Fsp3) is 0.222. The minimum absolute atomic E-state index is 0.282. The molecular formula is C18H16FN3O2. The van der Waals surface area contributed by atoms with E-state index < -0.39 is 17.8 Å². The van der Waals surface area contributed by atoms with Crippen LogP contribution in [-0.4, -0.2) is 28.8 Å². The number of esters is 1. The first-order chi connectivity index (χ1) is 11.6. The van der Waals surface area contributed by atoms with Crippen LogP contribution in [0.1, 0.15) is 23.2 Å². The van der Waals surface area contributed by atoms with E-state index in [1.165, 1.54) is 13.3 Å². The van der Waals surface area contributed by atoms with Crippen molar-refractivity contribution in [1.29, 1.82) is 0 Å². The highest BCUT2D eigenvalue weighted by atomic mass is 19.1. The predicted molar refractivity (Wildman–Crippen MR) is 87.8 cm³/mol. The van der Waals surface area contributed by atoms with Crippen LogP contribution in [0.2, 0.25) is 0 Å². The average Bonchev–Trinajstić information content (AvgIpc) is 2.63. The largest absolute Gasteiger partial charge is 0.468 e. The molecule has 2 aromatic heterocycles. The van der Waals surface area contributed by atoms with E-state index in [-0.39, 0.29) is 6.42 Å². The van der Waals surface area contributed by atoms with Crippen LogP contribution in [0.25, 0.3) is 5.57 Å². The molecule has 1 unspecified atom stereocenters. The molecule has 0 saturated carbocycles. The molecule has 3 heterocycles. The molecule has 0 saturated heterocycles. The first kappa shape index (κ1) is 16.0. The lowest BCUT2D eigenvalue weighted by Crippen LogP contribution is -2.29. The van der Waals surface area contributed by atoms with Crippen LogP contribution in [0, 0.1) is 18.8 Å². The number of aromatic nitrogens is 2. The first-order valence-electron chi connectivity index (χ1n) is 7.48. The van der Waals surface area contributed by atoms with Gasteiger partial charge in [-0.05, 0) is 42.7 Å². The smallest absolute Gasteiger partial charge is 0.315 e. The van der Waals surface area contributed by atoms with Crippen molar-refractivity contribution in [3.8, 4) is 0 Å². The van der Waals surface area contributed by atoms with E-state index in [0.29, 0.717) is 22.5 Å². The van der Waals surface area contributed by atoms with Gasteiger partial charge in [0, 0.05) is 24.2 Å². The number of methoxy groups -OCH3 is 1. The minimum Gasteiger partial charge on any atom is -0.468 e. The van der Waals surface area contributed by atoms with Gasteiger partial charge in [-0.3, -0.25) is 14.8 Å². The van der Waals surface area contributed by atoms with Crippen LogP contribution in [0.15, 0.2) is 47.9 Å². The number of hydrogen-bond acceptors (Lipinski definition) is 5. The number of nitrogens with zero attached hydrogens (tertiary/aromatic N) is 3. The van der Waals surface area contributed by atoms with Gasteiger partial charge in [0.2, 0.25) is 5.95 Å². The number of aliphatic imine (C=N–C) groups is 1. The van der Waals surface area contributed by atoms with E-state index >= 15 is 0 Å². The fourth-order valence-corrected chi connectivity index (χ4v) is 2.66. The van der Waals surface area contributed by atoms with E-state index in [2.05, 4.69) is 15.0 Å². The van der Waals surface area contributed by atoms with E-state index in [4.69, 9.17) is 4.74 Å². The van der Waals surface area contributed by atoms with Gasteiger partial charge in [-0.1, -0.05) is 6.07 Å². The monoisotopic (exact) mass is 325 g/mol. The molecule has 0 radical (unpaired) electrons. The lowest BCUT2D eigenvalue weighted by Gasteiger charge is -2.22. The number of carbonyl (C=O) groups excluding carboxylic acids is 1. The highest BCUT2D eigenvalue weighted by Gasteiger charge is 2.31. The van der Waals surface area contributed by atoms with Crippen molar-refractivity contribution in [1.82, 2.24) is 9.97 Å². The summed E-state index contributed by atoms with van der Waals surface area (Å²) in [6.07, 6.45) is 4.95. The summed E-state index contributed by atoms with van der Waals surface area (Å²) >= 11 is 0. The lowest BCUT2D eigenvalue weighted by atomic mass is 9.88. The van der Waals surface area contributed by atoms with E-state index in [1.807, 2.05) is 13.0 Å². The topological polar surface area (TPSA) is 64.4 Å². The first-order valence-corrected chi connectivity index (χ1v) is 7.48. The van der Waals surface area contributed by atoms with Gasteiger partial charge in [0.25, 0.3) is 0 Å². The van der Waals surface area contributed by atoms with Crippen molar-refractivity contribution in [2.45, 2.75) is 13.3 Å². The van der Waals surface area contributed by atoms with Gasteiger partial charge >= 0.3 is 5.97 Å². The molecule has 0 fully saturated rings. The van der Waals surface area contributed by atoms with Gasteiger partial charge in [0.05, 0.1) is 18.5 Å². The number of ether oxygens (including phenoxy) is 1. The van der Waals surface area contributed by atoms with Gasteiger partial charge in [0.1, 0.15) is 5.92 Å². The Labute approximate surface area is 138 Å². The molecule has 0 aromatic carbocycles. The number of hydrogen-bond donors (Lipinski definition) is 0. The van der Waals surface area contributed by atoms with Crippen molar-refractivity contribution < 1.29 is 13.9 Å². The summed E-state index contributed by atoms with van der Waals surface area (Å²) in [6, 6.07) is 7.09. The zero-order valence-electron chi connectivity index (χ0n) is 13.4. The summed E-state index contributed by atoms with van der Waals surface area (Å²) in [5, 5.41) is 0. The SMILES string of the molecule is COC(=O)C1CC(c2cc(C)cnc2F)=CN=C1c1ccccn1. The molecular weight excluding hydrogens is 309 g/mol. The Kier molecular flexibility index (Phi) is 4.46. The van der Waals surface area contributed by atoms with Crippen LogP contribution >= 0.6 is 0 Å². The Morgan fingerprint density at radius 2 is 2.17 bits per heavy atom. The molecule has 5 nitrogen and oxygen atoms in total. The quantitative estimate of drug-likeness (QED) is 0.643. The number of allylic oxidation sites excluding steroid dienone is 1. The standard InChI is InChI=1S/C18H16FN3O2/c1-11-7-13(17(19)22-9-11)12-8-14(18(23)24-2)16(21-10-12)15-5-3-4-6-20-15/h3-7,9-10,14H,8H2,1-2H3. The van der Waals surface area contributed by atoms with Crippen molar-refractivity contribution in [2.24, 2.45) is 10.9 Å². The number of rotatable bonds is 3. The molecule has 1 aliphatic rings. The highest BCUT2D eigenvalue weighted by Crippen LogP contribution is 2.31. The predicted octanol–water partition coefficient (Wildman–Crippen LogP) is 2.95. The van der Waals surface area contributed by atoms with Crippen molar-refractivity contribution >= 4 is 17.3 Å². The van der Waals surface area contributed by atoms with Crippen LogP contribution < -0.4 is 0 Å². The van der Waals surface area contributed by atoms with E-state index in [1.54, 1.807) is 30.6 Å². The summed E-state index contributed by atoms with van der Waals surface area (Å²) < 4.78 is 19.0. The second kappa shape index (κ2) is 6.70. The van der Waals surface area contributed by atoms with Crippen LogP contribution in [0.3, 0.4) is 0 Å². The van der Waals surface area contributed by atoms with Crippen molar-refractivity contribution in [3.05, 3.63) is 65.6 Å². The summed E-state index contributed by atoms with van der Waals surface area (Å²) in [5.74, 6) is -1.64. The molecule has 0 spiro atoms. The maximum absolute atomic E-state index is 14.1. The summed E-state index contributed by atoms with van der Waals surface area (Å²) in [6.45, 7) is 1.83. The summed E-state index contributed by atoms with van der Waals surface area (Å²) in [4.78, 5) is 24.6. The number of pyridine rings is 2. The molecule has 24 heavy (non-hydrogen) atoms. The number of halogens is 1. The van der Waals surface area contributed by atoms with Gasteiger partial charge in [-0.25, -0.2) is 4.98 Å². The van der Waals surface area contributed by atoms with Gasteiger partial charge in [0.15, 0.2) is 0 Å². The zero-order chi connectivity index (χ0) is 17.1. The Balaban J connectivity index is 2.06. The maximum atomic E-state index is 14.1. The van der Waals surface area contributed by atoms with Gasteiger partial charge in [-0.15, -0.1) is 0 Å². The van der Waals surface area contributed by atoms with Crippen LogP contribution in [0.5, 0.6) is 0 Å². The average molecular weight is 325 g/mol. The third-order valence-corrected chi connectivity index (χ3v) is 3.85. The van der Waals surface area contributed by atoms with Crippen LogP contribution in [-0.2, 0) is 9.53 Å². The number of carbonyl (C=O) groups is 1. The molecule has 3 rings (SSSR count). The van der Waals surface area contributed by atoms with Crippen molar-refractivity contribution in [2.75, 3.05) is 7.11 Å². The molecule has 1 aliphatic heterocycles. The van der Waals surface area contributed by atoms with Crippen LogP contribution in [0.4, 0.5) is 4.39 Å². The van der Waals surface area contributed by atoms with E-state index in [9.17, 15) is 9.18 Å². The van der Waals surface area contributed by atoms with Crippen molar-refractivity contribution in [3.63, 3.8) is 0 Å². The molecule has 0 bridgehead atoms. The molecule has 122 valence electrons. The molecule has 0 aliphatic carbocycles. The van der Waals surface area contributed by atoms with Gasteiger partial charge < -0.3 is 4.74 Å². The van der Waals surface area contributed by atoms with E-state index in [0.717, 1.165) is 5.56 Å². The maximum Gasteiger partial charge on any atom is 0.315 e. The second-order valence-corrected chi connectivity index (χ2v) is 5.51. The number of aryl methyl sites for hydroxylation is 1.